The minimum absolute atomic E-state index is 1.18. The van der Waals surface area contributed by atoms with Gasteiger partial charge in [0.2, 0.25) is 0 Å². The molecule has 0 aliphatic heterocycles. The van der Waals surface area contributed by atoms with Crippen LogP contribution in [0.1, 0.15) is 40.5 Å². The first-order chi connectivity index (χ1) is 5.70. The Morgan fingerprint density at radius 3 is 2.33 bits per heavy atom. The Balaban J connectivity index is 4.32. The van der Waals surface area contributed by atoms with E-state index in [4.69, 9.17) is 0 Å². The van der Waals surface area contributed by atoms with Crippen LogP contribution in [0.2, 0.25) is 0 Å². The van der Waals surface area contributed by atoms with E-state index in [1.54, 1.807) is 0 Å². The number of rotatable bonds is 4. The first-order valence-corrected chi connectivity index (χ1v) is 4.67. The summed E-state index contributed by atoms with van der Waals surface area (Å²) in [6.45, 7) is 8.53. The summed E-state index contributed by atoms with van der Waals surface area (Å²) < 4.78 is 0. The molecule has 68 valence electrons. The minimum Gasteiger partial charge on any atom is -0.0877 e. The highest BCUT2D eigenvalue weighted by Gasteiger charge is 1.89. The topological polar surface area (TPSA) is 0 Å². The van der Waals surface area contributed by atoms with E-state index in [-0.39, 0.29) is 0 Å². The standard InChI is InChI=1S/C12H20/c1-5-7-9-12(8-6-2)10-11(3)4/h5,7,9-10H,6,8H2,1-4H3/b7-5+,12-9-. The molecular weight excluding hydrogens is 144 g/mol. The fraction of sp³-hybridized carbons (Fsp3) is 0.500. The van der Waals surface area contributed by atoms with E-state index in [0.717, 1.165) is 0 Å². The molecule has 0 heterocycles. The van der Waals surface area contributed by atoms with Crippen LogP contribution in [0.5, 0.6) is 0 Å². The second-order valence-electron chi connectivity index (χ2n) is 3.24. The average molecular weight is 164 g/mol. The van der Waals surface area contributed by atoms with Gasteiger partial charge in [0.15, 0.2) is 0 Å². The van der Waals surface area contributed by atoms with Crippen molar-refractivity contribution in [3.05, 3.63) is 35.5 Å². The van der Waals surface area contributed by atoms with Gasteiger partial charge in [0.25, 0.3) is 0 Å². The number of hydrogen-bond acceptors (Lipinski definition) is 0. The molecule has 0 fully saturated rings. The maximum Gasteiger partial charge on any atom is -0.0282 e. The monoisotopic (exact) mass is 164 g/mol. The summed E-state index contributed by atoms with van der Waals surface area (Å²) in [5.74, 6) is 0. The Labute approximate surface area is 76.7 Å². The van der Waals surface area contributed by atoms with Gasteiger partial charge in [0, 0.05) is 0 Å². The molecule has 0 nitrogen and oxygen atoms in total. The van der Waals surface area contributed by atoms with Crippen molar-refractivity contribution in [1.29, 1.82) is 0 Å². The van der Waals surface area contributed by atoms with E-state index in [1.807, 2.05) is 6.92 Å². The Morgan fingerprint density at radius 2 is 1.92 bits per heavy atom. The molecule has 0 aliphatic carbocycles. The Bertz CT molecular complexity index is 188. The molecule has 0 spiro atoms. The van der Waals surface area contributed by atoms with E-state index in [2.05, 4.69) is 45.1 Å². The third-order valence-corrected chi connectivity index (χ3v) is 1.52. The van der Waals surface area contributed by atoms with Crippen LogP contribution in [-0.4, -0.2) is 0 Å². The SMILES string of the molecule is C/C=C/C=C(\C=C(C)C)CCC. The first kappa shape index (κ1) is 11.2. The third kappa shape index (κ3) is 5.96. The normalized spacial score (nSPS) is 12.2. The summed E-state index contributed by atoms with van der Waals surface area (Å²) in [5.41, 5.74) is 2.80. The molecule has 0 bridgehead atoms. The van der Waals surface area contributed by atoms with Crippen molar-refractivity contribution in [2.24, 2.45) is 0 Å². The van der Waals surface area contributed by atoms with Crippen LogP contribution in [0.3, 0.4) is 0 Å². The molecular formula is C12H20. The van der Waals surface area contributed by atoms with Gasteiger partial charge in [-0.2, -0.15) is 0 Å². The lowest BCUT2D eigenvalue weighted by atomic mass is 10.1. The van der Waals surface area contributed by atoms with Crippen LogP contribution in [0.25, 0.3) is 0 Å². The lowest BCUT2D eigenvalue weighted by molar-refractivity contribution is 0.924. The molecule has 0 unspecified atom stereocenters. The molecule has 0 aromatic heterocycles. The van der Waals surface area contributed by atoms with Crippen LogP contribution >= 0.6 is 0 Å². The molecule has 0 rings (SSSR count). The summed E-state index contributed by atoms with van der Waals surface area (Å²) in [7, 11) is 0. The highest BCUT2D eigenvalue weighted by atomic mass is 13.9. The third-order valence-electron chi connectivity index (χ3n) is 1.52. The zero-order valence-corrected chi connectivity index (χ0v) is 8.72. The molecule has 12 heavy (non-hydrogen) atoms. The van der Waals surface area contributed by atoms with Gasteiger partial charge in [-0.15, -0.1) is 0 Å². The van der Waals surface area contributed by atoms with Gasteiger partial charge >= 0.3 is 0 Å². The summed E-state index contributed by atoms with van der Waals surface area (Å²) >= 11 is 0. The molecule has 0 saturated heterocycles. The zero-order chi connectivity index (χ0) is 9.40. The van der Waals surface area contributed by atoms with Crippen LogP contribution in [0.15, 0.2) is 35.5 Å². The predicted molar refractivity (Wildman–Crippen MR) is 57.2 cm³/mol. The summed E-state index contributed by atoms with van der Waals surface area (Å²) in [5, 5.41) is 0. The molecule has 0 radical (unpaired) electrons. The van der Waals surface area contributed by atoms with Crippen LogP contribution in [-0.2, 0) is 0 Å². The maximum atomic E-state index is 2.25. The quantitative estimate of drug-likeness (QED) is 0.545. The molecule has 0 aliphatic rings. The zero-order valence-electron chi connectivity index (χ0n) is 8.72. The van der Waals surface area contributed by atoms with Gasteiger partial charge in [-0.25, -0.2) is 0 Å². The molecule has 0 amide bonds. The van der Waals surface area contributed by atoms with E-state index >= 15 is 0 Å². The number of hydrogen-bond donors (Lipinski definition) is 0. The van der Waals surface area contributed by atoms with Crippen LogP contribution in [0.4, 0.5) is 0 Å². The highest BCUT2D eigenvalue weighted by molar-refractivity contribution is 5.25. The van der Waals surface area contributed by atoms with E-state index in [9.17, 15) is 0 Å². The second kappa shape index (κ2) is 6.90. The van der Waals surface area contributed by atoms with Crippen LogP contribution < -0.4 is 0 Å². The molecule has 0 aromatic rings. The second-order valence-corrected chi connectivity index (χ2v) is 3.24. The van der Waals surface area contributed by atoms with Gasteiger partial charge < -0.3 is 0 Å². The number of allylic oxidation sites excluding steroid dienone is 6. The molecule has 0 atom stereocenters. The van der Waals surface area contributed by atoms with Crippen molar-refractivity contribution in [3.8, 4) is 0 Å². The van der Waals surface area contributed by atoms with Crippen molar-refractivity contribution < 1.29 is 0 Å². The minimum atomic E-state index is 1.18. The summed E-state index contributed by atoms with van der Waals surface area (Å²) in [6.07, 6.45) is 11.0. The Kier molecular flexibility index (Phi) is 6.45. The lowest BCUT2D eigenvalue weighted by Gasteiger charge is -1.98. The van der Waals surface area contributed by atoms with Crippen molar-refractivity contribution in [3.63, 3.8) is 0 Å². The lowest BCUT2D eigenvalue weighted by Crippen LogP contribution is -1.78. The van der Waals surface area contributed by atoms with E-state index in [1.165, 1.54) is 24.0 Å². The van der Waals surface area contributed by atoms with Gasteiger partial charge in [-0.05, 0) is 32.8 Å². The first-order valence-electron chi connectivity index (χ1n) is 4.67. The molecule has 0 saturated carbocycles. The van der Waals surface area contributed by atoms with Crippen molar-refractivity contribution in [2.45, 2.75) is 40.5 Å². The maximum absolute atomic E-state index is 2.25. The fourth-order valence-corrected chi connectivity index (χ4v) is 1.08. The van der Waals surface area contributed by atoms with E-state index in [0.29, 0.717) is 0 Å². The predicted octanol–water partition coefficient (Wildman–Crippen LogP) is 4.26. The summed E-state index contributed by atoms with van der Waals surface area (Å²) in [6, 6.07) is 0. The van der Waals surface area contributed by atoms with Gasteiger partial charge in [0.1, 0.15) is 0 Å². The van der Waals surface area contributed by atoms with Crippen molar-refractivity contribution in [1.82, 2.24) is 0 Å². The van der Waals surface area contributed by atoms with Gasteiger partial charge in [-0.1, -0.05) is 43.2 Å². The Morgan fingerprint density at radius 1 is 1.25 bits per heavy atom. The highest BCUT2D eigenvalue weighted by Crippen LogP contribution is 2.09. The molecule has 0 N–H and O–H groups in total. The largest absolute Gasteiger partial charge is 0.0877 e. The smallest absolute Gasteiger partial charge is 0.0282 e. The Hall–Kier alpha value is -0.780. The fourth-order valence-electron chi connectivity index (χ4n) is 1.08. The van der Waals surface area contributed by atoms with Crippen molar-refractivity contribution in [2.75, 3.05) is 0 Å². The average Bonchev–Trinajstić information content (AvgIpc) is 2.00. The van der Waals surface area contributed by atoms with E-state index < -0.39 is 0 Å². The van der Waals surface area contributed by atoms with Crippen LogP contribution in [0, 0.1) is 0 Å². The van der Waals surface area contributed by atoms with Gasteiger partial charge in [-0.3, -0.25) is 0 Å². The van der Waals surface area contributed by atoms with Crippen molar-refractivity contribution >= 4 is 0 Å². The molecule has 0 heteroatoms. The summed E-state index contributed by atoms with van der Waals surface area (Å²) in [4.78, 5) is 0. The molecule has 0 aromatic carbocycles. The van der Waals surface area contributed by atoms with Gasteiger partial charge in [0.05, 0.1) is 0 Å².